The number of nitrogens with one attached hydrogen (secondary N) is 1. The molecule has 0 atom stereocenters. The van der Waals surface area contributed by atoms with Gasteiger partial charge in [0.2, 0.25) is 5.69 Å². The largest absolute Gasteiger partial charge is 0.370 e. The van der Waals surface area contributed by atoms with E-state index in [-0.39, 0.29) is 11.9 Å². The first-order chi connectivity index (χ1) is 16.0. The standard InChI is InChI=1S/C26H27ClFN4O/c1-3-31-11-9-21-22(27)12-19(13-25(21)31)30-26-17(2)24(8-10-29-26)32-14-20(15-32)33-16-18-6-4-5-7-23(18)28/h3-8,10,12-13,20H,9,11,14-16H2,1-2H3,(H,29,30)/q+1. The van der Waals surface area contributed by atoms with E-state index < -0.39 is 0 Å². The molecule has 0 bridgehead atoms. The summed E-state index contributed by atoms with van der Waals surface area (Å²) in [4.78, 5) is 6.83. The normalized spacial score (nSPS) is 16.7. The highest BCUT2D eigenvalue weighted by molar-refractivity contribution is 6.32. The van der Waals surface area contributed by atoms with Crippen molar-refractivity contribution in [2.75, 3.05) is 29.9 Å². The van der Waals surface area contributed by atoms with Crippen LogP contribution in [0, 0.1) is 12.7 Å². The van der Waals surface area contributed by atoms with E-state index in [0.717, 1.165) is 59.5 Å². The molecule has 33 heavy (non-hydrogen) atoms. The number of rotatable bonds is 6. The van der Waals surface area contributed by atoms with E-state index in [0.29, 0.717) is 12.2 Å². The summed E-state index contributed by atoms with van der Waals surface area (Å²) < 4.78 is 21.9. The molecule has 3 aromatic rings. The Morgan fingerprint density at radius 2 is 2.09 bits per heavy atom. The van der Waals surface area contributed by atoms with Crippen molar-refractivity contribution in [3.63, 3.8) is 0 Å². The van der Waals surface area contributed by atoms with Crippen LogP contribution < -0.4 is 10.2 Å². The first-order valence-electron chi connectivity index (χ1n) is 11.2. The molecule has 7 heteroatoms. The fraction of sp³-hybridized carbons (Fsp3) is 0.308. The maximum Gasteiger partial charge on any atom is 0.211 e. The molecule has 170 valence electrons. The molecule has 0 spiro atoms. The van der Waals surface area contributed by atoms with Gasteiger partial charge in [0, 0.05) is 66.8 Å². The van der Waals surface area contributed by atoms with E-state index in [9.17, 15) is 4.39 Å². The Balaban J connectivity index is 1.26. The van der Waals surface area contributed by atoms with E-state index in [1.165, 1.54) is 11.6 Å². The zero-order chi connectivity index (χ0) is 22.9. The number of benzene rings is 2. The summed E-state index contributed by atoms with van der Waals surface area (Å²) in [7, 11) is 0. The minimum Gasteiger partial charge on any atom is -0.370 e. The van der Waals surface area contributed by atoms with Gasteiger partial charge in [0.05, 0.1) is 17.7 Å². The topological polar surface area (TPSA) is 40.4 Å². The summed E-state index contributed by atoms with van der Waals surface area (Å²) in [6.45, 7) is 6.89. The van der Waals surface area contributed by atoms with Crippen LogP contribution in [-0.2, 0) is 17.8 Å². The molecule has 2 aliphatic rings. The van der Waals surface area contributed by atoms with Gasteiger partial charge in [-0.1, -0.05) is 29.8 Å². The molecule has 5 nitrogen and oxygen atoms in total. The van der Waals surface area contributed by atoms with E-state index in [1.54, 1.807) is 12.1 Å². The van der Waals surface area contributed by atoms with E-state index >= 15 is 0 Å². The lowest BCUT2D eigenvalue weighted by molar-refractivity contribution is -0.424. The fourth-order valence-electron chi connectivity index (χ4n) is 4.51. The zero-order valence-corrected chi connectivity index (χ0v) is 19.6. The van der Waals surface area contributed by atoms with Crippen molar-refractivity contribution in [1.82, 2.24) is 4.98 Å². The number of nitrogens with zero attached hydrogens (tertiary/aromatic N) is 3. The van der Waals surface area contributed by atoms with Crippen molar-refractivity contribution in [3.05, 3.63) is 76.2 Å². The lowest BCUT2D eigenvalue weighted by Crippen LogP contribution is -2.52. The minimum atomic E-state index is -0.221. The van der Waals surface area contributed by atoms with Gasteiger partial charge < -0.3 is 15.0 Å². The van der Waals surface area contributed by atoms with Crippen LogP contribution in [0.5, 0.6) is 0 Å². The fourth-order valence-corrected chi connectivity index (χ4v) is 4.82. The molecular weight excluding hydrogens is 439 g/mol. The number of fused-ring (bicyclic) bond motifs is 1. The predicted octanol–water partition coefficient (Wildman–Crippen LogP) is 5.62. The lowest BCUT2D eigenvalue weighted by Gasteiger charge is -2.41. The van der Waals surface area contributed by atoms with Gasteiger partial charge in [0.15, 0.2) is 6.54 Å². The molecule has 3 heterocycles. The zero-order valence-electron chi connectivity index (χ0n) is 18.8. The van der Waals surface area contributed by atoms with Crippen molar-refractivity contribution in [2.45, 2.75) is 33.0 Å². The number of ether oxygens (including phenoxy) is 1. The smallest absolute Gasteiger partial charge is 0.211 e. The SMILES string of the molecule is CC=[N+]1CCc2c(Cl)cc(Nc3nccc(N4CC(OCc5ccccc5F)C4)c3C)cc21. The predicted molar refractivity (Wildman–Crippen MR) is 131 cm³/mol. The quantitative estimate of drug-likeness (QED) is 0.479. The van der Waals surface area contributed by atoms with Crippen molar-refractivity contribution in [3.8, 4) is 0 Å². The Bertz CT molecular complexity index is 1220. The molecule has 2 aromatic carbocycles. The molecule has 2 aliphatic heterocycles. The van der Waals surface area contributed by atoms with Crippen molar-refractivity contribution in [2.24, 2.45) is 0 Å². The molecule has 0 saturated carbocycles. The Hall–Kier alpha value is -2.96. The molecule has 0 aliphatic carbocycles. The van der Waals surface area contributed by atoms with E-state index in [4.69, 9.17) is 16.3 Å². The van der Waals surface area contributed by atoms with Crippen LogP contribution in [0.3, 0.4) is 0 Å². The minimum absolute atomic E-state index is 0.0837. The van der Waals surface area contributed by atoms with Crippen LogP contribution in [0.4, 0.5) is 27.3 Å². The van der Waals surface area contributed by atoms with Crippen molar-refractivity contribution >= 4 is 40.7 Å². The van der Waals surface area contributed by atoms with Gasteiger partial charge in [-0.05, 0) is 25.1 Å². The first kappa shape index (κ1) is 21.9. The Labute approximate surface area is 198 Å². The average Bonchev–Trinajstić information content (AvgIpc) is 3.20. The van der Waals surface area contributed by atoms with Crippen LogP contribution in [0.1, 0.15) is 23.6 Å². The Kier molecular flexibility index (Phi) is 6.04. The highest BCUT2D eigenvalue weighted by Gasteiger charge is 2.30. The monoisotopic (exact) mass is 465 g/mol. The van der Waals surface area contributed by atoms with Crippen LogP contribution >= 0.6 is 11.6 Å². The maximum absolute atomic E-state index is 13.8. The van der Waals surface area contributed by atoms with Crippen molar-refractivity contribution < 1.29 is 13.7 Å². The summed E-state index contributed by atoms with van der Waals surface area (Å²) in [5, 5.41) is 4.24. The van der Waals surface area contributed by atoms with Crippen LogP contribution in [0.2, 0.25) is 5.02 Å². The third-order valence-corrected chi connectivity index (χ3v) is 6.79. The number of hydrogen-bond acceptors (Lipinski definition) is 4. The van der Waals surface area contributed by atoms with Crippen LogP contribution in [0.15, 0.2) is 48.7 Å². The average molecular weight is 466 g/mol. The molecule has 1 N–H and O–H groups in total. The highest BCUT2D eigenvalue weighted by atomic mass is 35.5. The van der Waals surface area contributed by atoms with Gasteiger partial charge in [-0.3, -0.25) is 0 Å². The molecule has 0 amide bonds. The summed E-state index contributed by atoms with van der Waals surface area (Å²) >= 11 is 6.57. The summed E-state index contributed by atoms with van der Waals surface area (Å²) in [6.07, 6.45) is 4.95. The van der Waals surface area contributed by atoms with Crippen molar-refractivity contribution in [1.29, 1.82) is 0 Å². The third-order valence-electron chi connectivity index (χ3n) is 6.46. The molecule has 1 aromatic heterocycles. The summed E-state index contributed by atoms with van der Waals surface area (Å²) in [6, 6.07) is 12.9. The second-order valence-electron chi connectivity index (χ2n) is 8.52. The molecule has 0 unspecified atom stereocenters. The van der Waals surface area contributed by atoms with Crippen LogP contribution in [-0.4, -0.2) is 41.5 Å². The van der Waals surface area contributed by atoms with E-state index in [1.807, 2.05) is 31.3 Å². The summed E-state index contributed by atoms with van der Waals surface area (Å²) in [5.74, 6) is 0.588. The van der Waals surface area contributed by atoms with Crippen LogP contribution in [0.25, 0.3) is 0 Å². The molecule has 5 rings (SSSR count). The van der Waals surface area contributed by atoms with Gasteiger partial charge >= 0.3 is 0 Å². The number of pyridine rings is 1. The lowest BCUT2D eigenvalue weighted by atomic mass is 10.1. The first-order valence-corrected chi connectivity index (χ1v) is 11.6. The second-order valence-corrected chi connectivity index (χ2v) is 8.92. The van der Waals surface area contributed by atoms with Gasteiger partial charge in [-0.25, -0.2) is 13.9 Å². The number of aromatic nitrogens is 1. The molecular formula is C26H27ClFN4O+. The highest BCUT2D eigenvalue weighted by Crippen LogP contribution is 2.37. The second kappa shape index (κ2) is 9.12. The van der Waals surface area contributed by atoms with Gasteiger partial charge in [-0.15, -0.1) is 0 Å². The maximum atomic E-state index is 13.8. The molecule has 1 fully saturated rings. The Morgan fingerprint density at radius 1 is 1.27 bits per heavy atom. The summed E-state index contributed by atoms with van der Waals surface area (Å²) in [5.41, 5.74) is 6.05. The van der Waals surface area contributed by atoms with Gasteiger partial charge in [-0.2, -0.15) is 0 Å². The van der Waals surface area contributed by atoms with Gasteiger partial charge in [0.25, 0.3) is 0 Å². The number of anilines is 3. The number of hydrogen-bond donors (Lipinski definition) is 1. The molecule has 0 radical (unpaired) electrons. The van der Waals surface area contributed by atoms with E-state index in [2.05, 4.69) is 39.0 Å². The third kappa shape index (κ3) is 4.33. The Morgan fingerprint density at radius 3 is 2.88 bits per heavy atom. The number of halogens is 2. The van der Waals surface area contributed by atoms with Gasteiger partial charge in [0.1, 0.15) is 17.8 Å². The molecule has 1 saturated heterocycles.